The molecule has 8 aromatic rings. The van der Waals surface area contributed by atoms with Crippen LogP contribution in [0.5, 0.6) is 28.7 Å². The summed E-state index contributed by atoms with van der Waals surface area (Å²) in [4.78, 5) is 7.45. The number of ether oxygens (including phenoxy) is 5. The van der Waals surface area contributed by atoms with Gasteiger partial charge >= 0.3 is 29.6 Å². The Bertz CT molecular complexity index is 2460. The van der Waals surface area contributed by atoms with Crippen molar-refractivity contribution in [2.75, 3.05) is 13.2 Å². The molecule has 68 heavy (non-hydrogen) atoms. The molecule has 2 atom stereocenters. The van der Waals surface area contributed by atoms with Crippen molar-refractivity contribution < 1.29 is 89.0 Å². The second-order valence-corrected chi connectivity index (χ2v) is 18.2. The van der Waals surface area contributed by atoms with Crippen LogP contribution in [-0.4, -0.2) is 30.9 Å². The van der Waals surface area contributed by atoms with E-state index in [4.69, 9.17) is 28.8 Å². The summed E-state index contributed by atoms with van der Waals surface area (Å²) >= 11 is 0. The first-order valence-corrected chi connectivity index (χ1v) is 23.9. The smallest absolute Gasteiger partial charge is 1.00 e. The van der Waals surface area contributed by atoms with Crippen molar-refractivity contribution in [1.29, 1.82) is 0 Å². The molecule has 0 radical (unpaired) electrons. The van der Waals surface area contributed by atoms with Crippen LogP contribution < -0.4 is 68.6 Å². The minimum absolute atomic E-state index is 0. The molecule has 0 aliphatic heterocycles. The van der Waals surface area contributed by atoms with Crippen molar-refractivity contribution in [3.63, 3.8) is 0 Å². The fourth-order valence-corrected chi connectivity index (χ4v) is 10.6. The van der Waals surface area contributed by atoms with Crippen LogP contribution in [0.25, 0.3) is 0 Å². The molecule has 8 aromatic carbocycles. The quantitative estimate of drug-likeness (QED) is 0.0781. The summed E-state index contributed by atoms with van der Waals surface area (Å²) in [5, 5.41) is 9.01. The monoisotopic (exact) mass is 1000 g/mol. The van der Waals surface area contributed by atoms with E-state index in [9.17, 15) is 4.39 Å². The Morgan fingerprint density at radius 1 is 0.412 bits per heavy atom. The zero-order chi connectivity index (χ0) is 45.6. The second-order valence-electron chi connectivity index (χ2n) is 14.1. The van der Waals surface area contributed by atoms with Gasteiger partial charge in [0.25, 0.3) is 0 Å². The topological polar surface area (TPSA) is 66.4 Å². The van der Waals surface area contributed by atoms with Gasteiger partial charge in [-0.2, -0.15) is 0 Å². The number of aromatic hydroxyl groups is 1. The van der Waals surface area contributed by atoms with Crippen LogP contribution in [-0.2, 0) is 31.3 Å². The number of phenols is 1. The first-order chi connectivity index (χ1) is 31.8. The van der Waals surface area contributed by atoms with Crippen LogP contribution in [0.15, 0.2) is 248 Å². The molecule has 6 nitrogen and oxygen atoms in total. The van der Waals surface area contributed by atoms with Crippen molar-refractivity contribution >= 4 is 21.8 Å². The normalized spacial score (nSPS) is 11.1. The maximum absolute atomic E-state index is 13.2. The van der Waals surface area contributed by atoms with E-state index in [2.05, 4.69) is 97.1 Å². The van der Waals surface area contributed by atoms with E-state index in [1.54, 1.807) is 24.3 Å². The van der Waals surface area contributed by atoms with Crippen molar-refractivity contribution in [2.45, 2.75) is 69.6 Å². The standard InChI is InChI=1S/C28H27O3S.C18H14FS.C10H14O3.2ClH.Na.H/c1-3-29-22(2)30-23-14-16-24(17-15-23)31-25-18-20-28(21-19-25)32(26-10-6-4-7-11-26)27-12-8-5-9-13-27;19-15-11-13-18(14-12-15)20(16-7-3-1-4-8-16)17-9-5-2-6-10-17;1-3-12-8(2)13-10-6-4-9(11)5-7-10;;;;/h4-22H,3H2,1-2H3;1-14H;4-8,11H,3H2,1-2H3;2*1H;;/q2*+1;;;;+1;-1/p-2. The SMILES string of the molecule is CCOC(C)Oc1ccc(O)cc1.CCOC(C)Oc1ccc(Oc2ccc([S+](c3ccccc3)c3ccccc3)cc2)cc1.Fc1ccc([S+](c2ccccc2)c2ccccc2)cc1.[Cl-].[Cl-].[H-].[Na+]. The van der Waals surface area contributed by atoms with Gasteiger partial charge in [-0.05, 0) is 173 Å². The van der Waals surface area contributed by atoms with E-state index in [0.29, 0.717) is 19.0 Å². The van der Waals surface area contributed by atoms with Gasteiger partial charge in [0.15, 0.2) is 42.0 Å². The van der Waals surface area contributed by atoms with Gasteiger partial charge in [0, 0.05) is 13.2 Å². The van der Waals surface area contributed by atoms with Crippen molar-refractivity contribution in [3.8, 4) is 28.7 Å². The third-order valence-corrected chi connectivity index (χ3v) is 13.8. The molecule has 0 amide bonds. The Hall–Kier alpha value is -4.91. The van der Waals surface area contributed by atoms with Gasteiger partial charge < -0.3 is 55.0 Å². The van der Waals surface area contributed by atoms with Crippen LogP contribution in [0.3, 0.4) is 0 Å². The molecular weight excluding hydrogens is 946 g/mol. The van der Waals surface area contributed by atoms with Crippen LogP contribution in [0.2, 0.25) is 0 Å². The first-order valence-electron chi connectivity index (χ1n) is 21.5. The molecule has 0 bridgehead atoms. The van der Waals surface area contributed by atoms with E-state index in [0.717, 1.165) is 22.1 Å². The van der Waals surface area contributed by atoms with Gasteiger partial charge in [0.1, 0.15) is 34.6 Å². The average Bonchev–Trinajstić information content (AvgIpc) is 3.34. The molecule has 0 aromatic heterocycles. The Morgan fingerprint density at radius 3 is 1.00 bits per heavy atom. The van der Waals surface area contributed by atoms with E-state index in [-0.39, 0.29) is 102 Å². The number of hydrogen-bond donors (Lipinski definition) is 1. The molecule has 0 aliphatic carbocycles. The van der Waals surface area contributed by atoms with Gasteiger partial charge in [-0.1, -0.05) is 72.8 Å². The molecule has 1 N–H and O–H groups in total. The first kappa shape index (κ1) is 57.4. The van der Waals surface area contributed by atoms with Gasteiger partial charge in [-0.15, -0.1) is 0 Å². The summed E-state index contributed by atoms with van der Waals surface area (Å²) in [6.07, 6.45) is -0.531. The summed E-state index contributed by atoms with van der Waals surface area (Å²) in [5.41, 5.74) is 0. The zero-order valence-corrected chi connectivity index (χ0v) is 43.9. The van der Waals surface area contributed by atoms with E-state index in [1.165, 1.54) is 36.6 Å². The summed E-state index contributed by atoms with van der Waals surface area (Å²) in [7, 11) is -0.354. The van der Waals surface area contributed by atoms with Crippen LogP contribution >= 0.6 is 0 Å². The maximum Gasteiger partial charge on any atom is 1.00 e. The molecule has 0 fully saturated rings. The molecular formula is C56H56Cl2FNaO6S2. The predicted octanol–water partition coefficient (Wildman–Crippen LogP) is 5.53. The van der Waals surface area contributed by atoms with Gasteiger partial charge in [0.2, 0.25) is 0 Å². The van der Waals surface area contributed by atoms with Gasteiger partial charge in [-0.25, -0.2) is 4.39 Å². The molecule has 0 heterocycles. The van der Waals surface area contributed by atoms with Crippen molar-refractivity contribution in [2.24, 2.45) is 0 Å². The van der Waals surface area contributed by atoms with Crippen LogP contribution in [0.1, 0.15) is 29.1 Å². The van der Waals surface area contributed by atoms with E-state index < -0.39 is 0 Å². The largest absolute Gasteiger partial charge is 1.00 e. The summed E-state index contributed by atoms with van der Waals surface area (Å²) in [6.45, 7) is 8.82. The molecule has 0 spiro atoms. The molecule has 12 heteroatoms. The maximum atomic E-state index is 13.2. The molecule has 0 saturated heterocycles. The zero-order valence-electron chi connectivity index (χ0n) is 39.8. The fourth-order valence-electron chi connectivity index (χ4n) is 6.43. The minimum Gasteiger partial charge on any atom is -1.00 e. The molecule has 0 saturated carbocycles. The van der Waals surface area contributed by atoms with Gasteiger partial charge in [-0.3, -0.25) is 0 Å². The Balaban J connectivity index is 0.000000380. The molecule has 350 valence electrons. The van der Waals surface area contributed by atoms with Crippen LogP contribution in [0.4, 0.5) is 4.39 Å². The Kier molecular flexibility index (Phi) is 26.4. The second kappa shape index (κ2) is 31.3. The van der Waals surface area contributed by atoms with Gasteiger partial charge in [0.05, 0.1) is 21.8 Å². The van der Waals surface area contributed by atoms with Crippen molar-refractivity contribution in [3.05, 3.63) is 224 Å². The minimum atomic E-state index is -0.276. The van der Waals surface area contributed by atoms with E-state index in [1.807, 2.05) is 113 Å². The number of benzene rings is 8. The number of rotatable bonds is 16. The number of halogens is 3. The third-order valence-electron chi connectivity index (χ3n) is 9.33. The number of phenolic OH excluding ortho intramolecular Hbond substituents is 1. The molecule has 0 aliphatic rings. The average molecular weight is 1000 g/mol. The predicted molar refractivity (Wildman–Crippen MR) is 262 cm³/mol. The fraction of sp³-hybridized carbons (Fsp3) is 0.143. The molecule has 2 unspecified atom stereocenters. The Labute approximate surface area is 443 Å². The van der Waals surface area contributed by atoms with Crippen molar-refractivity contribution in [1.82, 2.24) is 0 Å². The third kappa shape index (κ3) is 18.5. The summed E-state index contributed by atoms with van der Waals surface area (Å²) in [5.74, 6) is 3.05. The molecule has 8 rings (SSSR count). The number of hydrogen-bond acceptors (Lipinski definition) is 6. The van der Waals surface area contributed by atoms with E-state index >= 15 is 0 Å². The summed E-state index contributed by atoms with van der Waals surface area (Å²) in [6, 6.07) is 71.3. The van der Waals surface area contributed by atoms with Crippen LogP contribution in [0, 0.1) is 5.82 Å². The summed E-state index contributed by atoms with van der Waals surface area (Å²) < 4.78 is 40.9. The Morgan fingerprint density at radius 2 is 0.676 bits per heavy atom.